The minimum Gasteiger partial charge on any atom is -0.508 e. The molecule has 8 nitrogen and oxygen atoms in total. The Bertz CT molecular complexity index is 862. The third-order valence-electron chi connectivity index (χ3n) is 3.08. The van der Waals surface area contributed by atoms with E-state index in [9.17, 15) is 18.9 Å². The fourth-order valence-corrected chi connectivity index (χ4v) is 2.71. The van der Waals surface area contributed by atoms with Crippen LogP contribution in [-0.4, -0.2) is 50.1 Å². The number of rotatable bonds is 6. The smallest absolute Gasteiger partial charge is 0.286 e. The minimum atomic E-state index is -2.40. The number of aliphatic hydroxyl groups excluding tert-OH is 1. The summed E-state index contributed by atoms with van der Waals surface area (Å²) in [6, 6.07) is 7.96. The normalized spacial score (nSPS) is 11.9. The summed E-state index contributed by atoms with van der Waals surface area (Å²) in [6.07, 6.45) is 2.81. The van der Waals surface area contributed by atoms with Gasteiger partial charge >= 0.3 is 0 Å². The van der Waals surface area contributed by atoms with Crippen molar-refractivity contribution in [2.24, 2.45) is 4.36 Å². The van der Waals surface area contributed by atoms with Gasteiger partial charge in [0.1, 0.15) is 11.5 Å². The van der Waals surface area contributed by atoms with Crippen LogP contribution >= 0.6 is 0 Å². The summed E-state index contributed by atoms with van der Waals surface area (Å²) in [5, 5.41) is 20.4. The number of pyridine rings is 1. The summed E-state index contributed by atoms with van der Waals surface area (Å²) in [7, 11) is -2.40. The Morgan fingerprint density at radius 1 is 1.20 bits per heavy atom. The molecule has 132 valence electrons. The molecule has 2 rings (SSSR count). The van der Waals surface area contributed by atoms with Crippen LogP contribution in [0.5, 0.6) is 5.75 Å². The second-order valence-corrected chi connectivity index (χ2v) is 6.22. The van der Waals surface area contributed by atoms with E-state index in [-0.39, 0.29) is 24.5 Å². The SMILES string of the molecule is O=C(C/[SH](=O)=N/C(=O)c1cncc(-c2cccc(O)c2)c1)NCCO. The number of benzene rings is 1. The fourth-order valence-electron chi connectivity index (χ4n) is 1.97. The van der Waals surface area contributed by atoms with Gasteiger partial charge < -0.3 is 15.5 Å². The van der Waals surface area contributed by atoms with Crippen LogP contribution in [0.25, 0.3) is 11.1 Å². The number of hydrogen-bond acceptors (Lipinski definition) is 6. The van der Waals surface area contributed by atoms with Crippen molar-refractivity contribution in [2.45, 2.75) is 0 Å². The highest BCUT2D eigenvalue weighted by atomic mass is 32.2. The highest BCUT2D eigenvalue weighted by Crippen LogP contribution is 2.23. The van der Waals surface area contributed by atoms with Crippen molar-refractivity contribution in [3.8, 4) is 16.9 Å². The van der Waals surface area contributed by atoms with Gasteiger partial charge in [-0.1, -0.05) is 12.1 Å². The lowest BCUT2D eigenvalue weighted by Crippen LogP contribution is -2.29. The number of phenolic OH excluding ortho intramolecular Hbond substituents is 1. The standard InChI is InChI=1S/C16H17N3O5S/c20-5-4-18-15(22)10-25(24)19-16(23)13-6-12(8-17-9-13)11-2-1-3-14(21)7-11/h1-3,6-9,20-21,25H,4-5,10H2,(H,18,22). The zero-order valence-electron chi connectivity index (χ0n) is 13.1. The summed E-state index contributed by atoms with van der Waals surface area (Å²) >= 11 is 0. The number of amides is 2. The summed E-state index contributed by atoms with van der Waals surface area (Å²) in [5.74, 6) is -1.65. The second kappa shape index (κ2) is 8.90. The van der Waals surface area contributed by atoms with Crippen LogP contribution in [-0.2, 0) is 15.4 Å². The van der Waals surface area contributed by atoms with E-state index in [0.717, 1.165) is 0 Å². The maximum atomic E-state index is 12.1. The first-order valence-corrected chi connectivity index (χ1v) is 8.72. The van der Waals surface area contributed by atoms with E-state index >= 15 is 0 Å². The third kappa shape index (κ3) is 5.66. The second-order valence-electron chi connectivity index (χ2n) is 5.00. The maximum absolute atomic E-state index is 12.1. The molecule has 2 amide bonds. The molecule has 0 bridgehead atoms. The molecule has 0 radical (unpaired) electrons. The fraction of sp³-hybridized carbons (Fsp3) is 0.188. The van der Waals surface area contributed by atoms with Gasteiger partial charge in [0.15, 0.2) is 0 Å². The average molecular weight is 363 g/mol. The Labute approximate surface area is 145 Å². The van der Waals surface area contributed by atoms with E-state index in [4.69, 9.17) is 5.11 Å². The number of aromatic hydroxyl groups is 1. The summed E-state index contributed by atoms with van der Waals surface area (Å²) in [6.45, 7) is -0.183. The van der Waals surface area contributed by atoms with Crippen LogP contribution in [0.3, 0.4) is 0 Å². The first-order valence-electron chi connectivity index (χ1n) is 7.32. The largest absolute Gasteiger partial charge is 0.508 e. The predicted molar refractivity (Wildman–Crippen MR) is 92.6 cm³/mol. The van der Waals surface area contributed by atoms with E-state index < -0.39 is 28.2 Å². The molecule has 0 saturated carbocycles. The van der Waals surface area contributed by atoms with Gasteiger partial charge in [-0.05, 0) is 23.8 Å². The van der Waals surface area contributed by atoms with Crippen molar-refractivity contribution in [1.82, 2.24) is 10.3 Å². The lowest BCUT2D eigenvalue weighted by atomic mass is 10.1. The van der Waals surface area contributed by atoms with Crippen LogP contribution in [0.4, 0.5) is 0 Å². The molecule has 25 heavy (non-hydrogen) atoms. The molecule has 0 saturated heterocycles. The summed E-state index contributed by atoms with van der Waals surface area (Å²) in [5.41, 5.74) is 1.38. The van der Waals surface area contributed by atoms with Gasteiger partial charge in [-0.15, -0.1) is 0 Å². The lowest BCUT2D eigenvalue weighted by molar-refractivity contribution is -0.118. The topological polar surface area (TPSA) is 129 Å². The maximum Gasteiger partial charge on any atom is 0.286 e. The Morgan fingerprint density at radius 2 is 2.00 bits per heavy atom. The molecule has 0 fully saturated rings. The molecule has 9 heteroatoms. The first-order chi connectivity index (χ1) is 12.0. The molecular formula is C16H17N3O5S. The molecule has 1 unspecified atom stereocenters. The van der Waals surface area contributed by atoms with Crippen molar-refractivity contribution < 1.29 is 24.0 Å². The molecule has 0 aliphatic rings. The van der Waals surface area contributed by atoms with Gasteiger partial charge in [-0.2, -0.15) is 4.36 Å². The zero-order chi connectivity index (χ0) is 18.2. The van der Waals surface area contributed by atoms with E-state index in [1.54, 1.807) is 12.1 Å². The van der Waals surface area contributed by atoms with Crippen LogP contribution in [0.1, 0.15) is 10.4 Å². The van der Waals surface area contributed by atoms with Crippen LogP contribution in [0.15, 0.2) is 47.1 Å². The van der Waals surface area contributed by atoms with Crippen LogP contribution in [0.2, 0.25) is 0 Å². The van der Waals surface area contributed by atoms with Gasteiger partial charge in [0, 0.05) is 24.5 Å². The highest BCUT2D eigenvalue weighted by Gasteiger charge is 2.09. The molecule has 1 heterocycles. The Hall–Kier alpha value is -2.78. The van der Waals surface area contributed by atoms with Crippen LogP contribution < -0.4 is 5.32 Å². The average Bonchev–Trinajstić information content (AvgIpc) is 2.60. The Balaban J connectivity index is 2.14. The number of aromatic nitrogens is 1. The number of hydrogen-bond donors (Lipinski definition) is 4. The number of nitrogens with one attached hydrogen (secondary N) is 1. The molecule has 1 atom stereocenters. The molecule has 3 N–H and O–H groups in total. The monoisotopic (exact) mass is 363 g/mol. The summed E-state index contributed by atoms with van der Waals surface area (Å²) < 4.78 is 15.3. The van der Waals surface area contributed by atoms with Gasteiger partial charge in [0.25, 0.3) is 5.91 Å². The van der Waals surface area contributed by atoms with Crippen molar-refractivity contribution in [3.63, 3.8) is 0 Å². The highest BCUT2D eigenvalue weighted by molar-refractivity contribution is 7.76. The molecule has 1 aromatic carbocycles. The molecule has 2 aromatic rings. The van der Waals surface area contributed by atoms with E-state index in [1.807, 2.05) is 0 Å². The lowest BCUT2D eigenvalue weighted by Gasteiger charge is -2.03. The molecule has 0 aliphatic heterocycles. The predicted octanol–water partition coefficient (Wildman–Crippen LogP) is 0.367. The summed E-state index contributed by atoms with van der Waals surface area (Å²) in [4.78, 5) is 27.4. The number of thiol groups is 1. The van der Waals surface area contributed by atoms with Crippen molar-refractivity contribution in [3.05, 3.63) is 48.3 Å². The quantitative estimate of drug-likeness (QED) is 0.549. The van der Waals surface area contributed by atoms with Crippen molar-refractivity contribution in [1.29, 1.82) is 0 Å². The third-order valence-corrected chi connectivity index (χ3v) is 4.04. The van der Waals surface area contributed by atoms with Crippen molar-refractivity contribution in [2.75, 3.05) is 18.9 Å². The van der Waals surface area contributed by atoms with Crippen molar-refractivity contribution >= 4 is 22.4 Å². The molecule has 0 spiro atoms. The number of aliphatic hydroxyl groups is 1. The van der Waals surface area contributed by atoms with Gasteiger partial charge in [-0.3, -0.25) is 18.8 Å². The number of phenols is 1. The first kappa shape index (κ1) is 18.6. The van der Waals surface area contributed by atoms with Gasteiger partial charge in [0.05, 0.1) is 22.8 Å². The van der Waals surface area contributed by atoms with E-state index in [1.165, 1.54) is 30.6 Å². The number of carbonyl (C=O) groups excluding carboxylic acids is 2. The zero-order valence-corrected chi connectivity index (χ0v) is 14.0. The molecule has 1 aromatic heterocycles. The van der Waals surface area contributed by atoms with Gasteiger partial charge in [0.2, 0.25) is 5.91 Å². The Kier molecular flexibility index (Phi) is 6.61. The number of carbonyl (C=O) groups is 2. The van der Waals surface area contributed by atoms with Gasteiger partial charge in [-0.25, -0.2) is 0 Å². The molecular weight excluding hydrogens is 346 g/mol. The number of nitrogens with zero attached hydrogens (tertiary/aromatic N) is 2. The molecule has 0 aliphatic carbocycles. The van der Waals surface area contributed by atoms with E-state index in [2.05, 4.69) is 14.7 Å². The minimum absolute atomic E-state index is 0.0475. The van der Waals surface area contributed by atoms with Crippen LogP contribution in [0, 0.1) is 0 Å². The Morgan fingerprint density at radius 3 is 2.72 bits per heavy atom. The van der Waals surface area contributed by atoms with E-state index in [0.29, 0.717) is 11.1 Å².